The Morgan fingerprint density at radius 2 is 1.87 bits per heavy atom. The number of halogens is 1. The maximum absolute atomic E-state index is 12.8. The first kappa shape index (κ1) is 17.7. The number of piperidine rings is 1. The first-order chi connectivity index (χ1) is 10.8. The van der Waals surface area contributed by atoms with Crippen LogP contribution in [0.15, 0.2) is 24.3 Å². The Bertz CT molecular complexity index is 503. The van der Waals surface area contributed by atoms with Gasteiger partial charge in [0.25, 0.3) is 0 Å². The van der Waals surface area contributed by atoms with Crippen molar-refractivity contribution in [2.24, 2.45) is 5.92 Å². The number of ether oxygens (including phenoxy) is 1. The van der Waals surface area contributed by atoms with Gasteiger partial charge in [0.2, 0.25) is 0 Å². The second-order valence-corrected chi connectivity index (χ2v) is 7.17. The van der Waals surface area contributed by atoms with Gasteiger partial charge in [-0.15, -0.1) is 0 Å². The van der Waals surface area contributed by atoms with E-state index in [0.717, 1.165) is 44.6 Å². The van der Waals surface area contributed by atoms with Gasteiger partial charge in [-0.25, -0.2) is 9.18 Å². The highest BCUT2D eigenvalue weighted by Gasteiger charge is 2.26. The fourth-order valence-electron chi connectivity index (χ4n) is 2.67. The van der Waals surface area contributed by atoms with Crippen LogP contribution in [0.2, 0.25) is 0 Å². The molecule has 2 rings (SSSR count). The van der Waals surface area contributed by atoms with Crippen molar-refractivity contribution in [2.45, 2.75) is 45.8 Å². The van der Waals surface area contributed by atoms with E-state index >= 15 is 0 Å². The lowest BCUT2D eigenvalue weighted by molar-refractivity contribution is 0.0184. The van der Waals surface area contributed by atoms with E-state index in [2.05, 4.69) is 5.32 Å². The molecule has 1 aliphatic heterocycles. The van der Waals surface area contributed by atoms with Crippen LogP contribution in [-0.4, -0.2) is 36.2 Å². The van der Waals surface area contributed by atoms with E-state index in [4.69, 9.17) is 4.74 Å². The summed E-state index contributed by atoms with van der Waals surface area (Å²) in [6.45, 7) is 8.81. The number of rotatable bonds is 4. The lowest BCUT2D eigenvalue weighted by Crippen LogP contribution is -2.43. The fraction of sp³-hybridized carbons (Fsp3) is 0.611. The summed E-state index contributed by atoms with van der Waals surface area (Å²) in [6, 6.07) is 6.56. The number of hydrogen-bond acceptors (Lipinski definition) is 3. The van der Waals surface area contributed by atoms with Crippen molar-refractivity contribution in [1.82, 2.24) is 10.2 Å². The van der Waals surface area contributed by atoms with Crippen LogP contribution in [0.1, 0.15) is 39.2 Å². The van der Waals surface area contributed by atoms with Crippen LogP contribution in [0, 0.1) is 11.7 Å². The summed E-state index contributed by atoms with van der Waals surface area (Å²) in [5, 5.41) is 3.42. The van der Waals surface area contributed by atoms with Gasteiger partial charge >= 0.3 is 6.09 Å². The molecule has 1 saturated heterocycles. The van der Waals surface area contributed by atoms with E-state index in [1.54, 1.807) is 17.0 Å². The number of benzene rings is 1. The van der Waals surface area contributed by atoms with Crippen LogP contribution in [0.3, 0.4) is 0 Å². The standard InChI is InChI=1S/C18H27FN2O2/c1-18(2,3)23-17(22)21-10-8-15(9-11-21)13-20-12-14-4-6-16(19)7-5-14/h4-7,15,20H,8-13H2,1-3H3. The predicted octanol–water partition coefficient (Wildman–Crippen LogP) is 3.56. The average molecular weight is 322 g/mol. The highest BCUT2D eigenvalue weighted by atomic mass is 19.1. The SMILES string of the molecule is CC(C)(C)OC(=O)N1CCC(CNCc2ccc(F)cc2)CC1. The minimum absolute atomic E-state index is 0.205. The molecular formula is C18H27FN2O2. The molecule has 1 amide bonds. The molecule has 23 heavy (non-hydrogen) atoms. The number of carbonyl (C=O) groups excluding carboxylic acids is 1. The number of hydrogen-bond donors (Lipinski definition) is 1. The number of likely N-dealkylation sites (tertiary alicyclic amines) is 1. The molecule has 1 fully saturated rings. The molecule has 0 saturated carbocycles. The molecule has 1 heterocycles. The summed E-state index contributed by atoms with van der Waals surface area (Å²) in [6.07, 6.45) is 1.75. The van der Waals surface area contributed by atoms with Crippen molar-refractivity contribution >= 4 is 6.09 Å². The Morgan fingerprint density at radius 1 is 1.26 bits per heavy atom. The van der Waals surface area contributed by atoms with Crippen LogP contribution < -0.4 is 5.32 Å². The van der Waals surface area contributed by atoms with Crippen LogP contribution in [0.4, 0.5) is 9.18 Å². The molecule has 0 aliphatic carbocycles. The monoisotopic (exact) mass is 322 g/mol. The lowest BCUT2D eigenvalue weighted by atomic mass is 9.97. The Balaban J connectivity index is 1.66. The molecule has 0 unspecified atom stereocenters. The predicted molar refractivity (Wildman–Crippen MR) is 88.6 cm³/mol. The molecular weight excluding hydrogens is 295 g/mol. The van der Waals surface area contributed by atoms with Crippen molar-refractivity contribution in [3.8, 4) is 0 Å². The molecule has 128 valence electrons. The van der Waals surface area contributed by atoms with E-state index in [0.29, 0.717) is 5.92 Å². The maximum Gasteiger partial charge on any atom is 0.410 e. The molecule has 0 aromatic heterocycles. The Kier molecular flexibility index (Phi) is 5.99. The van der Waals surface area contributed by atoms with E-state index in [-0.39, 0.29) is 11.9 Å². The van der Waals surface area contributed by atoms with Crippen LogP contribution >= 0.6 is 0 Å². The molecule has 0 spiro atoms. The average Bonchev–Trinajstić information content (AvgIpc) is 2.48. The van der Waals surface area contributed by atoms with Gasteiger partial charge in [0.05, 0.1) is 0 Å². The van der Waals surface area contributed by atoms with Crippen molar-refractivity contribution < 1.29 is 13.9 Å². The largest absolute Gasteiger partial charge is 0.444 e. The molecule has 0 bridgehead atoms. The molecule has 1 aliphatic rings. The summed E-state index contributed by atoms with van der Waals surface area (Å²) >= 11 is 0. The zero-order valence-electron chi connectivity index (χ0n) is 14.3. The smallest absolute Gasteiger partial charge is 0.410 e. The van der Waals surface area contributed by atoms with Crippen LogP contribution in [0.25, 0.3) is 0 Å². The maximum atomic E-state index is 12.8. The molecule has 1 aromatic rings. The van der Waals surface area contributed by atoms with E-state index < -0.39 is 5.60 Å². The molecule has 1 aromatic carbocycles. The fourth-order valence-corrected chi connectivity index (χ4v) is 2.67. The van der Waals surface area contributed by atoms with Crippen molar-refractivity contribution in [1.29, 1.82) is 0 Å². The number of nitrogens with zero attached hydrogens (tertiary/aromatic N) is 1. The summed E-state index contributed by atoms with van der Waals surface area (Å²) in [5.74, 6) is 0.359. The molecule has 4 nitrogen and oxygen atoms in total. The van der Waals surface area contributed by atoms with Crippen molar-refractivity contribution in [3.63, 3.8) is 0 Å². The molecule has 5 heteroatoms. The summed E-state index contributed by atoms with van der Waals surface area (Å²) < 4.78 is 18.2. The third-order valence-corrected chi connectivity index (χ3v) is 3.94. The third-order valence-electron chi connectivity index (χ3n) is 3.94. The van der Waals surface area contributed by atoms with Gasteiger partial charge < -0.3 is 15.0 Å². The van der Waals surface area contributed by atoms with Gasteiger partial charge in [0.1, 0.15) is 11.4 Å². The number of amides is 1. The number of nitrogens with one attached hydrogen (secondary N) is 1. The van der Waals surface area contributed by atoms with Gasteiger partial charge in [-0.2, -0.15) is 0 Å². The summed E-state index contributed by atoms with van der Waals surface area (Å²) in [5.41, 5.74) is 0.641. The first-order valence-corrected chi connectivity index (χ1v) is 8.26. The zero-order chi connectivity index (χ0) is 16.9. The molecule has 0 atom stereocenters. The summed E-state index contributed by atoms with van der Waals surface area (Å²) in [4.78, 5) is 13.8. The third kappa shape index (κ3) is 6.18. The van der Waals surface area contributed by atoms with Crippen molar-refractivity contribution in [2.75, 3.05) is 19.6 Å². The quantitative estimate of drug-likeness (QED) is 0.921. The highest BCUT2D eigenvalue weighted by molar-refractivity contribution is 5.68. The normalized spacial score (nSPS) is 16.4. The zero-order valence-corrected chi connectivity index (χ0v) is 14.3. The molecule has 0 radical (unpaired) electrons. The van der Waals surface area contributed by atoms with Gasteiger partial charge in [0.15, 0.2) is 0 Å². The molecule has 1 N–H and O–H groups in total. The second-order valence-electron chi connectivity index (χ2n) is 7.17. The topological polar surface area (TPSA) is 41.6 Å². The minimum Gasteiger partial charge on any atom is -0.444 e. The number of carbonyl (C=O) groups is 1. The summed E-state index contributed by atoms with van der Waals surface area (Å²) in [7, 11) is 0. The van der Waals surface area contributed by atoms with Gasteiger partial charge in [0, 0.05) is 19.6 Å². The first-order valence-electron chi connectivity index (χ1n) is 8.26. The highest BCUT2D eigenvalue weighted by Crippen LogP contribution is 2.19. The van der Waals surface area contributed by atoms with E-state index in [9.17, 15) is 9.18 Å². The van der Waals surface area contributed by atoms with Crippen LogP contribution in [-0.2, 0) is 11.3 Å². The lowest BCUT2D eigenvalue weighted by Gasteiger charge is -2.33. The Labute approximate surface area is 138 Å². The Hall–Kier alpha value is -1.62. The Morgan fingerprint density at radius 3 is 2.43 bits per heavy atom. The van der Waals surface area contributed by atoms with Gasteiger partial charge in [-0.05, 0) is 63.8 Å². The van der Waals surface area contributed by atoms with Gasteiger partial charge in [-0.3, -0.25) is 0 Å². The van der Waals surface area contributed by atoms with E-state index in [1.165, 1.54) is 12.1 Å². The van der Waals surface area contributed by atoms with Crippen molar-refractivity contribution in [3.05, 3.63) is 35.6 Å². The second kappa shape index (κ2) is 7.77. The van der Waals surface area contributed by atoms with Crippen LogP contribution in [0.5, 0.6) is 0 Å². The minimum atomic E-state index is -0.440. The van der Waals surface area contributed by atoms with Gasteiger partial charge in [-0.1, -0.05) is 12.1 Å². The van der Waals surface area contributed by atoms with E-state index in [1.807, 2.05) is 20.8 Å².